The topological polar surface area (TPSA) is 150 Å². The minimum absolute atomic E-state index is 0.133. The number of hydrogen-bond acceptors (Lipinski definition) is 4. The number of carboxylic acids is 2. The number of nitrogens with two attached hydrogens (primary N) is 1. The molecule has 9 heteroatoms. The van der Waals surface area contributed by atoms with Crippen molar-refractivity contribution < 1.29 is 29.4 Å². The maximum absolute atomic E-state index is 11.6. The van der Waals surface area contributed by atoms with Crippen LogP contribution >= 0.6 is 0 Å². The first-order valence-electron chi connectivity index (χ1n) is 5.06. The standard InChI is InChI=1S/C9H15N3O6/c1-2-12(4-6(10)13)9(18)11-5(8(16)17)3-7(14)15/h5H,2-4H2,1H3,(H2,10,13)(H,11,18)(H,14,15)(H,16,17)/t5-/m1/s1. The van der Waals surface area contributed by atoms with Crippen molar-refractivity contribution in [1.82, 2.24) is 10.2 Å². The van der Waals surface area contributed by atoms with E-state index in [0.717, 1.165) is 4.90 Å². The lowest BCUT2D eigenvalue weighted by Crippen LogP contribution is -2.50. The summed E-state index contributed by atoms with van der Waals surface area (Å²) in [7, 11) is 0. The van der Waals surface area contributed by atoms with Crippen molar-refractivity contribution in [2.24, 2.45) is 5.73 Å². The molecule has 18 heavy (non-hydrogen) atoms. The Kier molecular flexibility index (Phi) is 6.18. The van der Waals surface area contributed by atoms with Crippen LogP contribution < -0.4 is 11.1 Å². The van der Waals surface area contributed by atoms with Gasteiger partial charge in [-0.1, -0.05) is 0 Å². The molecule has 0 saturated carbocycles. The third-order valence-electron chi connectivity index (χ3n) is 1.99. The maximum atomic E-state index is 11.6. The van der Waals surface area contributed by atoms with E-state index in [0.29, 0.717) is 0 Å². The highest BCUT2D eigenvalue weighted by atomic mass is 16.4. The quantitative estimate of drug-likeness (QED) is 0.434. The summed E-state index contributed by atoms with van der Waals surface area (Å²) in [5, 5.41) is 19.2. The van der Waals surface area contributed by atoms with Gasteiger partial charge in [0.25, 0.3) is 0 Å². The zero-order valence-corrected chi connectivity index (χ0v) is 9.75. The zero-order chi connectivity index (χ0) is 14.3. The van der Waals surface area contributed by atoms with Crippen LogP contribution in [0.3, 0.4) is 0 Å². The van der Waals surface area contributed by atoms with Crippen molar-refractivity contribution >= 4 is 23.9 Å². The Balaban J connectivity index is 4.60. The first kappa shape index (κ1) is 15.7. The maximum Gasteiger partial charge on any atom is 0.326 e. The minimum Gasteiger partial charge on any atom is -0.481 e. The summed E-state index contributed by atoms with van der Waals surface area (Å²) in [6, 6.07) is -2.41. The Labute approximate surface area is 103 Å². The van der Waals surface area contributed by atoms with Crippen LogP contribution in [0.25, 0.3) is 0 Å². The Morgan fingerprint density at radius 2 is 1.83 bits per heavy atom. The second-order valence-corrected chi connectivity index (χ2v) is 3.42. The van der Waals surface area contributed by atoms with Gasteiger partial charge in [-0.25, -0.2) is 9.59 Å². The Morgan fingerprint density at radius 1 is 1.28 bits per heavy atom. The fourth-order valence-electron chi connectivity index (χ4n) is 1.13. The van der Waals surface area contributed by atoms with Gasteiger partial charge in [-0.2, -0.15) is 0 Å². The Bertz CT molecular complexity index is 356. The summed E-state index contributed by atoms with van der Waals surface area (Å²) >= 11 is 0. The summed E-state index contributed by atoms with van der Waals surface area (Å²) in [6.07, 6.45) is -0.755. The molecule has 5 N–H and O–H groups in total. The predicted molar refractivity (Wildman–Crippen MR) is 58.6 cm³/mol. The molecule has 0 aromatic rings. The molecule has 1 atom stereocenters. The molecule has 0 aliphatic heterocycles. The van der Waals surface area contributed by atoms with E-state index in [1.807, 2.05) is 5.32 Å². The molecule has 0 radical (unpaired) electrons. The van der Waals surface area contributed by atoms with Crippen LogP contribution in [-0.2, 0) is 14.4 Å². The number of aliphatic carboxylic acids is 2. The molecule has 0 spiro atoms. The second kappa shape index (κ2) is 7.09. The average molecular weight is 261 g/mol. The normalized spacial score (nSPS) is 11.4. The molecule has 0 saturated heterocycles. The molecular formula is C9H15N3O6. The van der Waals surface area contributed by atoms with Gasteiger partial charge >= 0.3 is 18.0 Å². The zero-order valence-electron chi connectivity index (χ0n) is 9.75. The van der Waals surface area contributed by atoms with E-state index in [1.54, 1.807) is 6.92 Å². The van der Waals surface area contributed by atoms with Gasteiger partial charge in [0.15, 0.2) is 0 Å². The van der Waals surface area contributed by atoms with Gasteiger partial charge in [0.05, 0.1) is 6.42 Å². The number of carboxylic acid groups (broad SMARTS) is 2. The monoisotopic (exact) mass is 261 g/mol. The highest BCUT2D eigenvalue weighted by Crippen LogP contribution is 1.96. The third-order valence-corrected chi connectivity index (χ3v) is 1.99. The number of nitrogens with one attached hydrogen (secondary N) is 1. The Hall–Kier alpha value is -2.32. The van der Waals surface area contributed by atoms with E-state index < -0.39 is 36.3 Å². The van der Waals surface area contributed by atoms with Crippen LogP contribution in [0.15, 0.2) is 0 Å². The number of carbonyl (C=O) groups is 4. The van der Waals surface area contributed by atoms with E-state index >= 15 is 0 Å². The van der Waals surface area contributed by atoms with Gasteiger partial charge < -0.3 is 26.2 Å². The van der Waals surface area contributed by atoms with Gasteiger partial charge in [0, 0.05) is 6.54 Å². The lowest BCUT2D eigenvalue weighted by molar-refractivity contribution is -0.145. The number of rotatable bonds is 7. The van der Waals surface area contributed by atoms with E-state index in [4.69, 9.17) is 15.9 Å². The van der Waals surface area contributed by atoms with Crippen LogP contribution in [0.5, 0.6) is 0 Å². The van der Waals surface area contributed by atoms with Crippen LogP contribution in [0, 0.1) is 0 Å². The lowest BCUT2D eigenvalue weighted by atomic mass is 10.2. The van der Waals surface area contributed by atoms with E-state index in [-0.39, 0.29) is 13.1 Å². The number of nitrogens with zero attached hydrogens (tertiary/aromatic N) is 1. The SMILES string of the molecule is CCN(CC(N)=O)C(=O)N[C@H](CC(=O)O)C(=O)O. The molecule has 0 unspecified atom stereocenters. The molecule has 102 valence electrons. The van der Waals surface area contributed by atoms with Crippen molar-refractivity contribution in [3.8, 4) is 0 Å². The number of hydrogen-bond donors (Lipinski definition) is 4. The van der Waals surface area contributed by atoms with E-state index in [1.165, 1.54) is 0 Å². The van der Waals surface area contributed by atoms with Crippen LogP contribution in [0.4, 0.5) is 4.79 Å². The predicted octanol–water partition coefficient (Wildman–Crippen LogP) is -1.57. The van der Waals surface area contributed by atoms with Gasteiger partial charge in [-0.3, -0.25) is 9.59 Å². The molecule has 0 aromatic carbocycles. The molecule has 0 aliphatic rings. The Morgan fingerprint density at radius 3 is 2.17 bits per heavy atom. The van der Waals surface area contributed by atoms with Crippen LogP contribution in [0.2, 0.25) is 0 Å². The molecule has 9 nitrogen and oxygen atoms in total. The summed E-state index contributed by atoms with van der Waals surface area (Å²) < 4.78 is 0. The smallest absolute Gasteiger partial charge is 0.326 e. The number of urea groups is 1. The molecule has 0 aliphatic carbocycles. The molecule has 3 amide bonds. The number of likely N-dealkylation sites (N-methyl/N-ethyl adjacent to an activating group) is 1. The highest BCUT2D eigenvalue weighted by molar-refractivity contribution is 5.88. The van der Waals surface area contributed by atoms with E-state index in [9.17, 15) is 19.2 Å². The van der Waals surface area contributed by atoms with E-state index in [2.05, 4.69) is 0 Å². The minimum atomic E-state index is -1.56. The van der Waals surface area contributed by atoms with Crippen LogP contribution in [-0.4, -0.2) is 58.1 Å². The molecule has 0 rings (SSSR count). The first-order chi connectivity index (χ1) is 8.27. The number of primary amides is 1. The largest absolute Gasteiger partial charge is 0.481 e. The molecule has 0 heterocycles. The summed E-state index contributed by atoms with van der Waals surface area (Å²) in [6.45, 7) is 1.32. The molecular weight excluding hydrogens is 246 g/mol. The van der Waals surface area contributed by atoms with Crippen molar-refractivity contribution in [2.75, 3.05) is 13.1 Å². The summed E-state index contributed by atoms with van der Waals surface area (Å²) in [5.41, 5.74) is 4.91. The highest BCUT2D eigenvalue weighted by Gasteiger charge is 2.25. The third kappa shape index (κ3) is 5.68. The van der Waals surface area contributed by atoms with Gasteiger partial charge in [0.2, 0.25) is 5.91 Å². The van der Waals surface area contributed by atoms with Crippen molar-refractivity contribution in [3.05, 3.63) is 0 Å². The van der Waals surface area contributed by atoms with Crippen molar-refractivity contribution in [3.63, 3.8) is 0 Å². The lowest BCUT2D eigenvalue weighted by Gasteiger charge is -2.22. The number of amides is 3. The van der Waals surface area contributed by atoms with Crippen LogP contribution in [0.1, 0.15) is 13.3 Å². The second-order valence-electron chi connectivity index (χ2n) is 3.42. The average Bonchev–Trinajstić information content (AvgIpc) is 2.23. The first-order valence-corrected chi connectivity index (χ1v) is 5.06. The fourth-order valence-corrected chi connectivity index (χ4v) is 1.13. The van der Waals surface area contributed by atoms with Crippen molar-refractivity contribution in [1.29, 1.82) is 0 Å². The van der Waals surface area contributed by atoms with Gasteiger partial charge in [-0.15, -0.1) is 0 Å². The summed E-state index contributed by atoms with van der Waals surface area (Å²) in [5.74, 6) is -3.58. The molecule has 0 aromatic heterocycles. The molecule has 0 fully saturated rings. The fraction of sp³-hybridized carbons (Fsp3) is 0.556. The molecule has 0 bridgehead atoms. The van der Waals surface area contributed by atoms with Gasteiger partial charge in [0.1, 0.15) is 12.6 Å². The van der Waals surface area contributed by atoms with Crippen molar-refractivity contribution in [2.45, 2.75) is 19.4 Å². The number of carbonyl (C=O) groups excluding carboxylic acids is 2. The summed E-state index contributed by atoms with van der Waals surface area (Å²) in [4.78, 5) is 44.3. The van der Waals surface area contributed by atoms with Gasteiger partial charge in [-0.05, 0) is 6.92 Å².